The molecule has 2 aromatic carbocycles. The summed E-state index contributed by atoms with van der Waals surface area (Å²) in [6, 6.07) is 14.7. The Hall–Kier alpha value is -2.65. The lowest BCUT2D eigenvalue weighted by molar-refractivity contribution is -0.115. The van der Waals surface area contributed by atoms with Crippen LogP contribution in [0.5, 0.6) is 11.5 Å². The van der Waals surface area contributed by atoms with E-state index < -0.39 is 0 Å². The van der Waals surface area contributed by atoms with E-state index in [4.69, 9.17) is 14.7 Å². The van der Waals surface area contributed by atoms with Crippen LogP contribution in [0.15, 0.2) is 47.4 Å². The molecule has 3 rings (SSSR count). The lowest BCUT2D eigenvalue weighted by Gasteiger charge is -2.14. The first-order valence-corrected chi connectivity index (χ1v) is 8.91. The summed E-state index contributed by atoms with van der Waals surface area (Å²) in [4.78, 5) is 13.4. The van der Waals surface area contributed by atoms with E-state index in [1.54, 1.807) is 24.3 Å². The molecule has 2 aromatic rings. The van der Waals surface area contributed by atoms with Crippen LogP contribution in [0.1, 0.15) is 18.9 Å². The number of carbonyl (C=O) groups is 1. The van der Waals surface area contributed by atoms with E-state index in [0.717, 1.165) is 17.1 Å². The number of nitriles is 1. The van der Waals surface area contributed by atoms with E-state index in [-0.39, 0.29) is 11.2 Å². The highest BCUT2D eigenvalue weighted by Gasteiger charge is 2.18. The minimum atomic E-state index is -0.323. The molecule has 0 radical (unpaired) electrons. The topological polar surface area (TPSA) is 71.3 Å². The summed E-state index contributed by atoms with van der Waals surface area (Å²) in [5.74, 6) is 1.30. The van der Waals surface area contributed by atoms with Gasteiger partial charge in [0.25, 0.3) is 0 Å². The van der Waals surface area contributed by atoms with E-state index >= 15 is 0 Å². The number of thioether (sulfide) groups is 1. The van der Waals surface area contributed by atoms with Gasteiger partial charge >= 0.3 is 0 Å². The normalized spacial score (nSPS) is 14.1. The molecule has 25 heavy (non-hydrogen) atoms. The predicted molar refractivity (Wildman–Crippen MR) is 97.2 cm³/mol. The number of fused-ring (bicyclic) bond motifs is 1. The van der Waals surface area contributed by atoms with Crippen LogP contribution in [0.2, 0.25) is 0 Å². The van der Waals surface area contributed by atoms with E-state index in [1.165, 1.54) is 11.8 Å². The van der Waals surface area contributed by atoms with Crippen molar-refractivity contribution in [1.82, 2.24) is 0 Å². The molecule has 1 amide bonds. The van der Waals surface area contributed by atoms with Crippen LogP contribution in [0, 0.1) is 11.3 Å². The Balaban J connectivity index is 1.67. The van der Waals surface area contributed by atoms with Gasteiger partial charge in [-0.2, -0.15) is 5.26 Å². The second kappa shape index (κ2) is 7.95. The summed E-state index contributed by atoms with van der Waals surface area (Å²) in [7, 11) is 0. The summed E-state index contributed by atoms with van der Waals surface area (Å²) in [6.45, 7) is 3.11. The minimum Gasteiger partial charge on any atom is -0.490 e. The number of benzene rings is 2. The van der Waals surface area contributed by atoms with Crippen LogP contribution in [0.3, 0.4) is 0 Å². The van der Waals surface area contributed by atoms with Crippen LogP contribution in [0.4, 0.5) is 5.69 Å². The van der Waals surface area contributed by atoms with Gasteiger partial charge < -0.3 is 14.8 Å². The highest BCUT2D eigenvalue weighted by molar-refractivity contribution is 8.00. The first-order valence-electron chi connectivity index (χ1n) is 8.03. The summed E-state index contributed by atoms with van der Waals surface area (Å²) >= 11 is 1.43. The number of para-hydroxylation sites is 1. The first kappa shape index (κ1) is 17.2. The number of ether oxygens (including phenoxy) is 2. The number of nitrogens with zero attached hydrogens (tertiary/aromatic N) is 1. The second-order valence-electron chi connectivity index (χ2n) is 5.57. The molecule has 0 bridgehead atoms. The van der Waals surface area contributed by atoms with Crippen molar-refractivity contribution < 1.29 is 14.3 Å². The van der Waals surface area contributed by atoms with Crippen molar-refractivity contribution in [2.75, 3.05) is 18.5 Å². The van der Waals surface area contributed by atoms with Crippen molar-refractivity contribution in [3.63, 3.8) is 0 Å². The minimum absolute atomic E-state index is 0.153. The van der Waals surface area contributed by atoms with Gasteiger partial charge in [0.05, 0.1) is 29.7 Å². The second-order valence-corrected chi connectivity index (χ2v) is 6.98. The number of hydrogen-bond donors (Lipinski definition) is 1. The van der Waals surface area contributed by atoms with Crippen molar-refractivity contribution >= 4 is 23.4 Å². The molecule has 0 saturated heterocycles. The van der Waals surface area contributed by atoms with Crippen LogP contribution in [0.25, 0.3) is 0 Å². The smallest absolute Gasteiger partial charge is 0.237 e. The highest BCUT2D eigenvalue weighted by atomic mass is 32.2. The quantitative estimate of drug-likeness (QED) is 0.845. The standard InChI is InChI=1S/C19H18N2O3S/c1-13(19(22)21-16-6-3-2-5-14(16)12-20)25-15-7-8-17-18(11-15)24-10-4-9-23-17/h2-3,5-8,11,13H,4,9-10H2,1H3,(H,21,22)/t13-/m1/s1. The third-order valence-corrected chi connectivity index (χ3v) is 4.80. The molecule has 0 spiro atoms. The average Bonchev–Trinajstić information content (AvgIpc) is 2.87. The van der Waals surface area contributed by atoms with Crippen molar-refractivity contribution in [3.05, 3.63) is 48.0 Å². The van der Waals surface area contributed by atoms with E-state index in [2.05, 4.69) is 11.4 Å². The zero-order valence-corrected chi connectivity index (χ0v) is 14.6. The van der Waals surface area contributed by atoms with Crippen LogP contribution < -0.4 is 14.8 Å². The molecule has 1 aliphatic heterocycles. The van der Waals surface area contributed by atoms with E-state index in [0.29, 0.717) is 30.2 Å². The van der Waals surface area contributed by atoms with Crippen molar-refractivity contribution in [2.24, 2.45) is 0 Å². The lowest BCUT2D eigenvalue weighted by atomic mass is 10.2. The van der Waals surface area contributed by atoms with Gasteiger partial charge in [0.15, 0.2) is 11.5 Å². The van der Waals surface area contributed by atoms with Gasteiger partial charge in [-0.05, 0) is 37.3 Å². The molecule has 128 valence electrons. The number of hydrogen-bond acceptors (Lipinski definition) is 5. The summed E-state index contributed by atoms with van der Waals surface area (Å²) in [6.07, 6.45) is 0.855. The van der Waals surface area contributed by atoms with Gasteiger partial charge in [0.1, 0.15) is 6.07 Å². The van der Waals surface area contributed by atoms with Gasteiger partial charge in [-0.3, -0.25) is 4.79 Å². The highest BCUT2D eigenvalue weighted by Crippen LogP contribution is 2.35. The average molecular weight is 354 g/mol. The Kier molecular flexibility index (Phi) is 5.46. The lowest BCUT2D eigenvalue weighted by Crippen LogP contribution is -2.22. The number of nitrogens with one attached hydrogen (secondary N) is 1. The van der Waals surface area contributed by atoms with Crippen molar-refractivity contribution in [3.8, 4) is 17.6 Å². The van der Waals surface area contributed by atoms with Gasteiger partial charge in [-0.25, -0.2) is 0 Å². The Morgan fingerprint density at radius 1 is 1.20 bits per heavy atom. The Morgan fingerprint density at radius 3 is 2.76 bits per heavy atom. The van der Waals surface area contributed by atoms with E-state index in [9.17, 15) is 4.79 Å². The van der Waals surface area contributed by atoms with Crippen LogP contribution in [-0.4, -0.2) is 24.4 Å². The zero-order valence-electron chi connectivity index (χ0n) is 13.8. The van der Waals surface area contributed by atoms with Crippen LogP contribution in [-0.2, 0) is 4.79 Å². The molecule has 1 N–H and O–H groups in total. The summed E-state index contributed by atoms with van der Waals surface area (Å²) in [5.41, 5.74) is 0.977. The fourth-order valence-electron chi connectivity index (χ4n) is 2.40. The predicted octanol–water partition coefficient (Wildman–Crippen LogP) is 3.84. The third-order valence-electron chi connectivity index (χ3n) is 3.71. The van der Waals surface area contributed by atoms with Crippen molar-refractivity contribution in [2.45, 2.75) is 23.5 Å². The number of anilines is 1. The van der Waals surface area contributed by atoms with Crippen molar-refractivity contribution in [1.29, 1.82) is 5.26 Å². The first-order chi connectivity index (χ1) is 12.2. The molecule has 5 nitrogen and oxygen atoms in total. The van der Waals surface area contributed by atoms with Gasteiger partial charge in [0.2, 0.25) is 5.91 Å². The molecule has 1 atom stereocenters. The van der Waals surface area contributed by atoms with Gasteiger partial charge in [-0.1, -0.05) is 12.1 Å². The fraction of sp³-hybridized carbons (Fsp3) is 0.263. The molecule has 6 heteroatoms. The van der Waals surface area contributed by atoms with E-state index in [1.807, 2.05) is 25.1 Å². The third kappa shape index (κ3) is 4.25. The molecule has 1 aliphatic rings. The SMILES string of the molecule is C[C@@H](Sc1ccc2c(c1)OCCCO2)C(=O)Nc1ccccc1C#N. The molecule has 0 aliphatic carbocycles. The van der Waals surface area contributed by atoms with Gasteiger partial charge in [0, 0.05) is 11.3 Å². The summed E-state index contributed by atoms with van der Waals surface area (Å²) in [5, 5.41) is 11.6. The monoisotopic (exact) mass is 354 g/mol. The molecule has 0 unspecified atom stereocenters. The molecule has 0 aromatic heterocycles. The maximum atomic E-state index is 12.4. The molecular formula is C19H18N2O3S. The van der Waals surface area contributed by atoms with Crippen LogP contribution >= 0.6 is 11.8 Å². The van der Waals surface area contributed by atoms with Gasteiger partial charge in [-0.15, -0.1) is 11.8 Å². The number of rotatable bonds is 4. The maximum absolute atomic E-state index is 12.4. The molecule has 0 saturated carbocycles. The number of carbonyl (C=O) groups excluding carboxylic acids is 1. The Bertz CT molecular complexity index is 817. The maximum Gasteiger partial charge on any atom is 0.237 e. The molecule has 1 heterocycles. The largest absolute Gasteiger partial charge is 0.490 e. The summed E-state index contributed by atoms with van der Waals surface area (Å²) < 4.78 is 11.3. The Morgan fingerprint density at radius 2 is 1.96 bits per heavy atom. The zero-order chi connectivity index (χ0) is 17.6. The molecular weight excluding hydrogens is 336 g/mol. The molecule has 0 fully saturated rings. The number of amides is 1. The fourth-order valence-corrected chi connectivity index (χ4v) is 3.29. The Labute approximate surface area is 150 Å².